The molecule has 0 saturated carbocycles. The highest BCUT2D eigenvalue weighted by atomic mass is 79.9. The van der Waals surface area contributed by atoms with Crippen molar-refractivity contribution in [3.63, 3.8) is 0 Å². The summed E-state index contributed by atoms with van der Waals surface area (Å²) in [5.74, 6) is 0.503. The standard InChI is InChI=1S/C16H18BrN3O/c1-18-16(21)14-8-4-10-20-15(14)19-9-3-6-12-5-2-7-13(17)11-12/h2,4-5,7-8,10-11H,3,6,9H2,1H3,(H,18,21)(H,19,20). The van der Waals surface area contributed by atoms with Gasteiger partial charge in [0.15, 0.2) is 0 Å². The number of carbonyl (C=O) groups is 1. The molecule has 0 aliphatic carbocycles. The van der Waals surface area contributed by atoms with E-state index in [4.69, 9.17) is 0 Å². The molecular formula is C16H18BrN3O. The van der Waals surface area contributed by atoms with Crippen molar-refractivity contribution in [2.75, 3.05) is 18.9 Å². The lowest BCUT2D eigenvalue weighted by Gasteiger charge is -2.09. The van der Waals surface area contributed by atoms with Gasteiger partial charge in [-0.15, -0.1) is 0 Å². The summed E-state index contributed by atoms with van der Waals surface area (Å²) in [7, 11) is 1.62. The van der Waals surface area contributed by atoms with Crippen molar-refractivity contribution in [3.8, 4) is 0 Å². The van der Waals surface area contributed by atoms with E-state index < -0.39 is 0 Å². The number of hydrogen-bond donors (Lipinski definition) is 2. The molecule has 0 aliphatic heterocycles. The zero-order valence-electron chi connectivity index (χ0n) is 11.9. The summed E-state index contributed by atoms with van der Waals surface area (Å²) in [6.07, 6.45) is 3.64. The number of aromatic nitrogens is 1. The van der Waals surface area contributed by atoms with E-state index >= 15 is 0 Å². The average Bonchev–Trinajstić information content (AvgIpc) is 2.51. The number of nitrogens with zero attached hydrogens (tertiary/aromatic N) is 1. The lowest BCUT2D eigenvalue weighted by atomic mass is 10.1. The lowest BCUT2D eigenvalue weighted by molar-refractivity contribution is 0.0963. The van der Waals surface area contributed by atoms with Gasteiger partial charge in [-0.2, -0.15) is 0 Å². The first kappa shape index (κ1) is 15.5. The molecule has 0 atom stereocenters. The van der Waals surface area contributed by atoms with Gasteiger partial charge in [-0.25, -0.2) is 4.98 Å². The van der Waals surface area contributed by atoms with Crippen LogP contribution < -0.4 is 10.6 Å². The van der Waals surface area contributed by atoms with Crippen molar-refractivity contribution in [2.45, 2.75) is 12.8 Å². The second kappa shape index (κ2) is 7.78. The summed E-state index contributed by atoms with van der Waals surface area (Å²) in [5.41, 5.74) is 1.86. The second-order valence-electron chi connectivity index (χ2n) is 4.64. The maximum atomic E-state index is 11.7. The number of pyridine rings is 1. The van der Waals surface area contributed by atoms with E-state index in [1.807, 2.05) is 12.1 Å². The minimum atomic E-state index is -0.127. The van der Waals surface area contributed by atoms with Gasteiger partial charge in [0.25, 0.3) is 5.91 Å². The fourth-order valence-electron chi connectivity index (χ4n) is 2.06. The molecule has 1 aromatic carbocycles. The van der Waals surface area contributed by atoms with Crippen molar-refractivity contribution in [1.29, 1.82) is 0 Å². The van der Waals surface area contributed by atoms with Crippen molar-refractivity contribution in [3.05, 3.63) is 58.2 Å². The van der Waals surface area contributed by atoms with Gasteiger partial charge in [-0.05, 0) is 42.7 Å². The number of rotatable bonds is 6. The molecule has 0 fully saturated rings. The Morgan fingerprint density at radius 2 is 2.14 bits per heavy atom. The molecule has 2 aromatic rings. The number of amides is 1. The maximum Gasteiger partial charge on any atom is 0.254 e. The molecule has 21 heavy (non-hydrogen) atoms. The van der Waals surface area contributed by atoms with Gasteiger partial charge in [-0.1, -0.05) is 28.1 Å². The van der Waals surface area contributed by atoms with Gasteiger partial charge in [0.1, 0.15) is 5.82 Å². The first-order valence-electron chi connectivity index (χ1n) is 6.86. The highest BCUT2D eigenvalue weighted by Gasteiger charge is 2.09. The largest absolute Gasteiger partial charge is 0.369 e. The molecule has 1 aromatic heterocycles. The number of anilines is 1. The molecule has 4 nitrogen and oxygen atoms in total. The Morgan fingerprint density at radius 3 is 2.90 bits per heavy atom. The van der Waals surface area contributed by atoms with Crippen LogP contribution in [-0.4, -0.2) is 24.5 Å². The van der Waals surface area contributed by atoms with Crippen LogP contribution in [0.3, 0.4) is 0 Å². The molecule has 0 spiro atoms. The normalized spacial score (nSPS) is 10.2. The first-order chi connectivity index (χ1) is 10.2. The average molecular weight is 348 g/mol. The summed E-state index contributed by atoms with van der Waals surface area (Å²) in [5, 5.41) is 5.85. The van der Waals surface area contributed by atoms with Gasteiger partial charge in [-0.3, -0.25) is 4.79 Å². The first-order valence-corrected chi connectivity index (χ1v) is 7.65. The van der Waals surface area contributed by atoms with E-state index in [0.717, 1.165) is 23.9 Å². The van der Waals surface area contributed by atoms with Crippen LogP contribution in [0.25, 0.3) is 0 Å². The Bertz CT molecular complexity index is 616. The number of halogens is 1. The van der Waals surface area contributed by atoms with Crippen LogP contribution >= 0.6 is 15.9 Å². The van der Waals surface area contributed by atoms with Crippen molar-refractivity contribution in [1.82, 2.24) is 10.3 Å². The molecule has 0 saturated heterocycles. The van der Waals surface area contributed by atoms with Crippen LogP contribution in [-0.2, 0) is 6.42 Å². The number of aryl methyl sites for hydroxylation is 1. The topological polar surface area (TPSA) is 54.0 Å². The lowest BCUT2D eigenvalue weighted by Crippen LogP contribution is -2.20. The summed E-state index contributed by atoms with van der Waals surface area (Å²) in [4.78, 5) is 16.0. The van der Waals surface area contributed by atoms with Crippen molar-refractivity contribution < 1.29 is 4.79 Å². The van der Waals surface area contributed by atoms with E-state index in [1.54, 1.807) is 25.4 Å². The molecule has 110 valence electrons. The molecule has 0 radical (unpaired) electrons. The molecule has 0 unspecified atom stereocenters. The van der Waals surface area contributed by atoms with Crippen LogP contribution in [0.2, 0.25) is 0 Å². The smallest absolute Gasteiger partial charge is 0.254 e. The highest BCUT2D eigenvalue weighted by Crippen LogP contribution is 2.14. The Balaban J connectivity index is 1.88. The van der Waals surface area contributed by atoms with E-state index in [0.29, 0.717) is 11.4 Å². The van der Waals surface area contributed by atoms with E-state index in [9.17, 15) is 4.79 Å². The Kier molecular flexibility index (Phi) is 5.75. The number of hydrogen-bond acceptors (Lipinski definition) is 3. The number of nitrogens with one attached hydrogen (secondary N) is 2. The molecule has 1 heterocycles. The van der Waals surface area contributed by atoms with E-state index in [2.05, 4.69) is 43.7 Å². The fraction of sp³-hybridized carbons (Fsp3) is 0.250. The molecule has 0 aliphatic rings. The minimum Gasteiger partial charge on any atom is -0.369 e. The molecular weight excluding hydrogens is 330 g/mol. The molecule has 1 amide bonds. The van der Waals surface area contributed by atoms with Crippen LogP contribution in [0.15, 0.2) is 47.1 Å². The summed E-state index contributed by atoms with van der Waals surface area (Å²) >= 11 is 3.47. The van der Waals surface area contributed by atoms with Crippen molar-refractivity contribution in [2.24, 2.45) is 0 Å². The quantitative estimate of drug-likeness (QED) is 0.788. The summed E-state index contributed by atoms with van der Waals surface area (Å²) in [6, 6.07) is 11.8. The van der Waals surface area contributed by atoms with E-state index in [-0.39, 0.29) is 5.91 Å². The van der Waals surface area contributed by atoms with Crippen molar-refractivity contribution >= 4 is 27.7 Å². The van der Waals surface area contributed by atoms with Gasteiger partial charge >= 0.3 is 0 Å². The molecule has 0 bridgehead atoms. The Hall–Kier alpha value is -1.88. The fourth-order valence-corrected chi connectivity index (χ4v) is 2.50. The minimum absolute atomic E-state index is 0.127. The van der Waals surface area contributed by atoms with Crippen LogP contribution in [0.5, 0.6) is 0 Å². The van der Waals surface area contributed by atoms with E-state index in [1.165, 1.54) is 5.56 Å². The van der Waals surface area contributed by atoms with Gasteiger partial charge in [0, 0.05) is 24.3 Å². The molecule has 2 rings (SSSR count). The zero-order valence-corrected chi connectivity index (χ0v) is 13.5. The molecule has 5 heteroatoms. The molecule has 2 N–H and O–H groups in total. The van der Waals surface area contributed by atoms with Crippen LogP contribution in [0, 0.1) is 0 Å². The number of benzene rings is 1. The third-order valence-electron chi connectivity index (χ3n) is 3.10. The Morgan fingerprint density at radius 1 is 1.29 bits per heavy atom. The SMILES string of the molecule is CNC(=O)c1cccnc1NCCCc1cccc(Br)c1. The third-order valence-corrected chi connectivity index (χ3v) is 3.60. The summed E-state index contributed by atoms with van der Waals surface area (Å²) in [6.45, 7) is 0.771. The summed E-state index contributed by atoms with van der Waals surface area (Å²) < 4.78 is 1.10. The van der Waals surface area contributed by atoms with Gasteiger partial charge in [0.2, 0.25) is 0 Å². The van der Waals surface area contributed by atoms with Crippen LogP contribution in [0.4, 0.5) is 5.82 Å². The zero-order chi connectivity index (χ0) is 15.1. The highest BCUT2D eigenvalue weighted by molar-refractivity contribution is 9.10. The van der Waals surface area contributed by atoms with Crippen LogP contribution in [0.1, 0.15) is 22.3 Å². The monoisotopic (exact) mass is 347 g/mol. The third kappa shape index (κ3) is 4.56. The Labute approximate surface area is 133 Å². The number of carbonyl (C=O) groups excluding carboxylic acids is 1. The van der Waals surface area contributed by atoms with Gasteiger partial charge in [0.05, 0.1) is 5.56 Å². The second-order valence-corrected chi connectivity index (χ2v) is 5.55. The van der Waals surface area contributed by atoms with Gasteiger partial charge < -0.3 is 10.6 Å². The predicted molar refractivity (Wildman–Crippen MR) is 88.6 cm³/mol. The predicted octanol–water partition coefficient (Wildman–Crippen LogP) is 3.25. The maximum absolute atomic E-state index is 11.7.